The van der Waals surface area contributed by atoms with Crippen molar-refractivity contribution in [2.24, 2.45) is 0 Å². The number of benzene rings is 1. The van der Waals surface area contributed by atoms with Gasteiger partial charge in [0.2, 0.25) is 5.91 Å². The van der Waals surface area contributed by atoms with Crippen molar-refractivity contribution in [1.82, 2.24) is 14.9 Å². The number of rotatable bonds is 5. The molecule has 0 bridgehead atoms. The summed E-state index contributed by atoms with van der Waals surface area (Å²) in [4.78, 5) is 23.1. The summed E-state index contributed by atoms with van der Waals surface area (Å²) in [7, 11) is -3.02. The highest BCUT2D eigenvalue weighted by Crippen LogP contribution is 2.29. The first-order valence-corrected chi connectivity index (χ1v) is 11.0. The van der Waals surface area contributed by atoms with Gasteiger partial charge in [-0.2, -0.15) is 0 Å². The van der Waals surface area contributed by atoms with Gasteiger partial charge in [0.1, 0.15) is 11.4 Å². The van der Waals surface area contributed by atoms with Crippen LogP contribution in [0.25, 0.3) is 10.9 Å². The van der Waals surface area contributed by atoms with Gasteiger partial charge in [-0.3, -0.25) is 4.79 Å². The van der Waals surface area contributed by atoms with E-state index in [9.17, 15) is 13.2 Å². The number of carbonyl (C=O) groups is 1. The summed E-state index contributed by atoms with van der Waals surface area (Å²) in [5, 5.41) is 1.34. The Bertz CT molecular complexity index is 880. The molecule has 0 aliphatic carbocycles. The van der Waals surface area contributed by atoms with Gasteiger partial charge in [-0.05, 0) is 26.3 Å². The Morgan fingerprint density at radius 3 is 2.80 bits per heavy atom. The second-order valence-electron chi connectivity index (χ2n) is 6.14. The van der Waals surface area contributed by atoms with Crippen LogP contribution in [0.15, 0.2) is 35.6 Å². The first kappa shape index (κ1) is 18.1. The first-order chi connectivity index (χ1) is 11.9. The van der Waals surface area contributed by atoms with Crippen LogP contribution in [0.5, 0.6) is 0 Å². The molecule has 1 aromatic carbocycles. The highest BCUT2D eigenvalue weighted by molar-refractivity contribution is 8.00. The summed E-state index contributed by atoms with van der Waals surface area (Å²) in [6.45, 7) is 4.24. The van der Waals surface area contributed by atoms with E-state index in [2.05, 4.69) is 9.97 Å². The summed E-state index contributed by atoms with van der Waals surface area (Å²) < 4.78 is 23.5. The largest absolute Gasteiger partial charge is 0.338 e. The van der Waals surface area contributed by atoms with Crippen LogP contribution in [0.1, 0.15) is 20.3 Å². The van der Waals surface area contributed by atoms with Crippen LogP contribution in [0, 0.1) is 0 Å². The highest BCUT2D eigenvalue weighted by Gasteiger charge is 2.35. The molecule has 0 unspecified atom stereocenters. The maximum absolute atomic E-state index is 12.9. The minimum atomic E-state index is -3.02. The lowest BCUT2D eigenvalue weighted by Gasteiger charge is -2.29. The van der Waals surface area contributed by atoms with Crippen molar-refractivity contribution in [2.75, 3.05) is 18.1 Å². The summed E-state index contributed by atoms with van der Waals surface area (Å²) in [6.07, 6.45) is 2.03. The Morgan fingerprint density at radius 1 is 1.36 bits per heavy atom. The molecule has 0 N–H and O–H groups in total. The van der Waals surface area contributed by atoms with Gasteiger partial charge in [0.15, 0.2) is 9.84 Å². The molecule has 134 valence electrons. The predicted octanol–water partition coefficient (Wildman–Crippen LogP) is 2.15. The van der Waals surface area contributed by atoms with Gasteiger partial charge in [-0.1, -0.05) is 30.0 Å². The molecule has 6 nitrogen and oxygen atoms in total. The van der Waals surface area contributed by atoms with Gasteiger partial charge in [0, 0.05) is 18.0 Å². The second-order valence-corrected chi connectivity index (χ2v) is 9.70. The lowest BCUT2D eigenvalue weighted by atomic mass is 10.2. The number of hydrogen-bond acceptors (Lipinski definition) is 6. The average molecular weight is 380 g/mol. The normalized spacial score (nSPS) is 20.5. The number of aromatic nitrogens is 2. The highest BCUT2D eigenvalue weighted by atomic mass is 32.2. The van der Waals surface area contributed by atoms with Gasteiger partial charge in [0.05, 0.1) is 22.3 Å². The smallest absolute Gasteiger partial charge is 0.236 e. The minimum absolute atomic E-state index is 0.0442. The standard InChI is InChI=1S/C17H21N3O3S2/c1-3-20(13-8-9-25(22,23)10-13)17(21)12(2)24-16-14-6-4-5-7-15(14)18-11-19-16/h4-7,11-13H,3,8-10H2,1-2H3/t12-,13+/m0/s1. The van der Waals surface area contributed by atoms with Crippen molar-refractivity contribution in [3.63, 3.8) is 0 Å². The molecule has 1 aliphatic rings. The summed E-state index contributed by atoms with van der Waals surface area (Å²) in [6, 6.07) is 7.47. The maximum Gasteiger partial charge on any atom is 0.236 e. The van der Waals surface area contributed by atoms with E-state index >= 15 is 0 Å². The Hall–Kier alpha value is -1.67. The molecule has 0 saturated carbocycles. The number of thioether (sulfide) groups is 1. The third-order valence-corrected chi connectivity index (χ3v) is 7.27. The minimum Gasteiger partial charge on any atom is -0.338 e. The topological polar surface area (TPSA) is 80.2 Å². The molecule has 1 aliphatic heterocycles. The number of amides is 1. The van der Waals surface area contributed by atoms with E-state index < -0.39 is 9.84 Å². The maximum atomic E-state index is 12.9. The van der Waals surface area contributed by atoms with Crippen molar-refractivity contribution >= 4 is 38.4 Å². The van der Waals surface area contributed by atoms with E-state index in [1.54, 1.807) is 4.90 Å². The van der Waals surface area contributed by atoms with Gasteiger partial charge in [-0.25, -0.2) is 18.4 Å². The fraction of sp³-hybridized carbons (Fsp3) is 0.471. The van der Waals surface area contributed by atoms with Gasteiger partial charge in [-0.15, -0.1) is 0 Å². The molecule has 0 radical (unpaired) electrons. The fourth-order valence-corrected chi connectivity index (χ4v) is 5.85. The third-order valence-electron chi connectivity index (χ3n) is 4.42. The lowest BCUT2D eigenvalue weighted by Crippen LogP contribution is -2.44. The molecule has 0 spiro atoms. The fourth-order valence-electron chi connectivity index (χ4n) is 3.14. The van der Waals surface area contributed by atoms with Crippen LogP contribution < -0.4 is 0 Å². The lowest BCUT2D eigenvalue weighted by molar-refractivity contribution is -0.131. The summed E-state index contributed by atoms with van der Waals surface area (Å²) in [5.41, 5.74) is 0.842. The molecule has 1 fully saturated rings. The van der Waals surface area contributed by atoms with Crippen LogP contribution in [0.3, 0.4) is 0 Å². The molecule has 25 heavy (non-hydrogen) atoms. The Labute approximate surface area is 152 Å². The molecular weight excluding hydrogens is 358 g/mol. The van der Waals surface area contributed by atoms with E-state index in [0.717, 1.165) is 15.9 Å². The van der Waals surface area contributed by atoms with Gasteiger partial charge >= 0.3 is 0 Å². The number of fused-ring (bicyclic) bond motifs is 1. The third kappa shape index (κ3) is 3.95. The molecule has 8 heteroatoms. The zero-order valence-corrected chi connectivity index (χ0v) is 15.9. The van der Waals surface area contributed by atoms with Crippen molar-refractivity contribution in [3.8, 4) is 0 Å². The summed E-state index contributed by atoms with van der Waals surface area (Å²) >= 11 is 1.39. The average Bonchev–Trinajstić information content (AvgIpc) is 2.95. The molecule has 3 rings (SSSR count). The quantitative estimate of drug-likeness (QED) is 0.585. The number of nitrogens with zero attached hydrogens (tertiary/aromatic N) is 3. The number of carbonyl (C=O) groups excluding carboxylic acids is 1. The monoisotopic (exact) mass is 379 g/mol. The molecule has 2 heterocycles. The number of hydrogen-bond donors (Lipinski definition) is 0. The molecule has 1 aromatic heterocycles. The molecule has 2 atom stereocenters. The zero-order valence-electron chi connectivity index (χ0n) is 14.3. The molecular formula is C17H21N3O3S2. The Balaban J connectivity index is 1.77. The van der Waals surface area contributed by atoms with Crippen molar-refractivity contribution in [3.05, 3.63) is 30.6 Å². The Morgan fingerprint density at radius 2 is 2.12 bits per heavy atom. The zero-order chi connectivity index (χ0) is 18.0. The van der Waals surface area contributed by atoms with Crippen LogP contribution in [-0.4, -0.2) is 58.5 Å². The van der Waals surface area contributed by atoms with Crippen LogP contribution in [-0.2, 0) is 14.6 Å². The Kier molecular flexibility index (Phi) is 5.29. The SMILES string of the molecule is CCN(C(=O)[C@H](C)Sc1ncnc2ccccc12)[C@@H]1CCS(=O)(=O)C1. The van der Waals surface area contributed by atoms with Crippen LogP contribution >= 0.6 is 11.8 Å². The van der Waals surface area contributed by atoms with E-state index in [1.165, 1.54) is 18.1 Å². The van der Waals surface area contributed by atoms with E-state index in [0.29, 0.717) is 13.0 Å². The van der Waals surface area contributed by atoms with Crippen LogP contribution in [0.2, 0.25) is 0 Å². The van der Waals surface area contributed by atoms with Crippen molar-refractivity contribution in [2.45, 2.75) is 36.6 Å². The van der Waals surface area contributed by atoms with E-state index in [4.69, 9.17) is 0 Å². The van der Waals surface area contributed by atoms with E-state index in [1.807, 2.05) is 38.1 Å². The molecule has 1 amide bonds. The molecule has 1 saturated heterocycles. The van der Waals surface area contributed by atoms with Gasteiger partial charge in [0.25, 0.3) is 0 Å². The first-order valence-electron chi connectivity index (χ1n) is 8.28. The van der Waals surface area contributed by atoms with Crippen LogP contribution in [0.4, 0.5) is 0 Å². The number of para-hydroxylation sites is 1. The van der Waals surface area contributed by atoms with Crippen molar-refractivity contribution < 1.29 is 13.2 Å². The van der Waals surface area contributed by atoms with Crippen molar-refractivity contribution in [1.29, 1.82) is 0 Å². The molecule has 2 aromatic rings. The summed E-state index contributed by atoms with van der Waals surface area (Å²) in [5.74, 6) is 0.192. The van der Waals surface area contributed by atoms with Gasteiger partial charge < -0.3 is 4.90 Å². The number of sulfone groups is 1. The van der Waals surface area contributed by atoms with E-state index in [-0.39, 0.29) is 28.7 Å². The second kappa shape index (κ2) is 7.29. The predicted molar refractivity (Wildman–Crippen MR) is 99.3 cm³/mol.